The van der Waals surface area contributed by atoms with Gasteiger partial charge in [0.25, 0.3) is 0 Å². The highest BCUT2D eigenvalue weighted by molar-refractivity contribution is 4.83. The zero-order valence-corrected chi connectivity index (χ0v) is 7.22. The first-order valence-corrected chi connectivity index (χ1v) is 4.17. The maximum atomic E-state index is 9.52. The molecule has 0 radical (unpaired) electrons. The van der Waals surface area contributed by atoms with Crippen molar-refractivity contribution >= 4 is 0 Å². The van der Waals surface area contributed by atoms with Crippen molar-refractivity contribution in [3.8, 4) is 0 Å². The van der Waals surface area contributed by atoms with Crippen LogP contribution in [-0.2, 0) is 0 Å². The smallest absolute Gasteiger partial charge is 0.0573 e. The van der Waals surface area contributed by atoms with Gasteiger partial charge in [-0.05, 0) is 30.6 Å². The average molecular weight is 142 g/mol. The van der Waals surface area contributed by atoms with Crippen LogP contribution in [0.2, 0.25) is 0 Å². The van der Waals surface area contributed by atoms with Crippen molar-refractivity contribution in [2.45, 2.75) is 46.1 Å². The molecule has 1 nitrogen and oxygen atoms in total. The van der Waals surface area contributed by atoms with Crippen molar-refractivity contribution in [3.63, 3.8) is 0 Å². The summed E-state index contributed by atoms with van der Waals surface area (Å²) in [6.07, 6.45) is 3.42. The average Bonchev–Trinajstić information content (AvgIpc) is 2.35. The Bertz CT molecular complexity index is 108. The van der Waals surface area contributed by atoms with Crippen LogP contribution < -0.4 is 0 Å². The Kier molecular flexibility index (Phi) is 2.04. The third kappa shape index (κ3) is 2.70. The van der Waals surface area contributed by atoms with Crippen LogP contribution in [0.1, 0.15) is 40.0 Å². The highest BCUT2D eigenvalue weighted by Crippen LogP contribution is 2.37. The van der Waals surface area contributed by atoms with Crippen LogP contribution in [0.4, 0.5) is 0 Å². The van der Waals surface area contributed by atoms with Crippen molar-refractivity contribution in [2.24, 2.45) is 11.3 Å². The van der Waals surface area contributed by atoms with E-state index in [0.717, 1.165) is 6.42 Å². The third-order valence-electron chi connectivity index (χ3n) is 1.99. The number of aliphatic hydroxyl groups is 1. The van der Waals surface area contributed by atoms with E-state index in [2.05, 4.69) is 20.8 Å². The molecule has 1 fully saturated rings. The van der Waals surface area contributed by atoms with Gasteiger partial charge in [0.15, 0.2) is 0 Å². The molecule has 0 aromatic heterocycles. The Morgan fingerprint density at radius 1 is 1.40 bits per heavy atom. The first kappa shape index (κ1) is 8.06. The molecule has 1 rings (SSSR count). The molecule has 1 heteroatoms. The molecule has 1 aliphatic rings. The van der Waals surface area contributed by atoms with Crippen LogP contribution in [-0.4, -0.2) is 11.2 Å². The van der Waals surface area contributed by atoms with Crippen molar-refractivity contribution in [2.75, 3.05) is 0 Å². The van der Waals surface area contributed by atoms with Crippen LogP contribution in [0.25, 0.3) is 0 Å². The van der Waals surface area contributed by atoms with Gasteiger partial charge in [-0.25, -0.2) is 0 Å². The number of aliphatic hydroxyl groups excluding tert-OH is 1. The minimum Gasteiger partial charge on any atom is -0.393 e. The van der Waals surface area contributed by atoms with Crippen LogP contribution in [0.3, 0.4) is 0 Å². The van der Waals surface area contributed by atoms with E-state index in [0.29, 0.717) is 11.3 Å². The predicted octanol–water partition coefficient (Wildman–Crippen LogP) is 2.19. The number of rotatable bonds is 2. The maximum Gasteiger partial charge on any atom is 0.0573 e. The molecule has 0 spiro atoms. The Hall–Kier alpha value is -0.0400. The second-order valence-electron chi connectivity index (χ2n) is 4.67. The summed E-state index contributed by atoms with van der Waals surface area (Å²) >= 11 is 0. The normalized spacial score (nSPS) is 22.8. The lowest BCUT2D eigenvalue weighted by Crippen LogP contribution is -2.18. The van der Waals surface area contributed by atoms with Gasteiger partial charge in [0.05, 0.1) is 6.10 Å². The fourth-order valence-corrected chi connectivity index (χ4v) is 1.28. The summed E-state index contributed by atoms with van der Waals surface area (Å²) in [4.78, 5) is 0. The molecule has 0 amide bonds. The summed E-state index contributed by atoms with van der Waals surface area (Å²) in [6.45, 7) is 6.54. The second kappa shape index (κ2) is 2.54. The van der Waals surface area contributed by atoms with E-state index in [9.17, 15) is 5.11 Å². The molecule has 1 unspecified atom stereocenters. The van der Waals surface area contributed by atoms with Gasteiger partial charge in [0.1, 0.15) is 0 Å². The Balaban J connectivity index is 2.23. The molecule has 0 aliphatic heterocycles. The summed E-state index contributed by atoms with van der Waals surface area (Å²) in [6, 6.07) is 0. The predicted molar refractivity (Wildman–Crippen MR) is 42.8 cm³/mol. The van der Waals surface area contributed by atoms with Crippen LogP contribution in [0.15, 0.2) is 0 Å². The highest BCUT2D eigenvalue weighted by atomic mass is 16.3. The molecule has 0 aromatic carbocycles. The molecule has 1 N–H and O–H groups in total. The third-order valence-corrected chi connectivity index (χ3v) is 1.99. The summed E-state index contributed by atoms with van der Waals surface area (Å²) in [5.41, 5.74) is 0.294. The second-order valence-corrected chi connectivity index (χ2v) is 4.67. The Morgan fingerprint density at radius 3 is 2.20 bits per heavy atom. The minimum absolute atomic E-state index is 0.0278. The van der Waals surface area contributed by atoms with E-state index in [4.69, 9.17) is 0 Å². The molecule has 0 bridgehead atoms. The minimum atomic E-state index is -0.0278. The Morgan fingerprint density at radius 2 is 1.90 bits per heavy atom. The maximum absolute atomic E-state index is 9.52. The fourth-order valence-electron chi connectivity index (χ4n) is 1.28. The van der Waals surface area contributed by atoms with Crippen molar-refractivity contribution in [3.05, 3.63) is 0 Å². The molecule has 1 aliphatic carbocycles. The summed E-state index contributed by atoms with van der Waals surface area (Å²) in [5, 5.41) is 9.52. The van der Waals surface area contributed by atoms with Gasteiger partial charge in [-0.15, -0.1) is 0 Å². The van der Waals surface area contributed by atoms with Crippen molar-refractivity contribution in [1.82, 2.24) is 0 Å². The van der Waals surface area contributed by atoms with Gasteiger partial charge in [-0.1, -0.05) is 20.8 Å². The van der Waals surface area contributed by atoms with Crippen LogP contribution in [0.5, 0.6) is 0 Å². The van der Waals surface area contributed by atoms with E-state index in [1.54, 1.807) is 0 Å². The molecular weight excluding hydrogens is 124 g/mol. The highest BCUT2D eigenvalue weighted by Gasteiger charge is 2.32. The van der Waals surface area contributed by atoms with E-state index < -0.39 is 0 Å². The van der Waals surface area contributed by atoms with E-state index >= 15 is 0 Å². The van der Waals surface area contributed by atoms with Crippen molar-refractivity contribution < 1.29 is 5.11 Å². The lowest BCUT2D eigenvalue weighted by Gasteiger charge is -2.21. The fraction of sp³-hybridized carbons (Fsp3) is 1.00. The van der Waals surface area contributed by atoms with Gasteiger partial charge in [-0.3, -0.25) is 0 Å². The summed E-state index contributed by atoms with van der Waals surface area (Å²) in [7, 11) is 0. The first-order valence-electron chi connectivity index (χ1n) is 4.17. The molecule has 0 aromatic rings. The van der Waals surface area contributed by atoms with Gasteiger partial charge in [0.2, 0.25) is 0 Å². The summed E-state index contributed by atoms with van der Waals surface area (Å²) in [5.74, 6) is 0.638. The molecule has 60 valence electrons. The number of hydrogen-bond acceptors (Lipinski definition) is 1. The molecule has 1 saturated carbocycles. The van der Waals surface area contributed by atoms with Crippen LogP contribution in [0, 0.1) is 11.3 Å². The molecular formula is C9H18O. The van der Waals surface area contributed by atoms with Crippen molar-refractivity contribution in [1.29, 1.82) is 0 Å². The zero-order chi connectivity index (χ0) is 7.78. The largest absolute Gasteiger partial charge is 0.393 e. The lowest BCUT2D eigenvalue weighted by atomic mass is 9.88. The molecule has 0 heterocycles. The van der Waals surface area contributed by atoms with Gasteiger partial charge in [0, 0.05) is 0 Å². The van der Waals surface area contributed by atoms with Gasteiger partial charge >= 0.3 is 0 Å². The van der Waals surface area contributed by atoms with Gasteiger partial charge in [-0.2, -0.15) is 0 Å². The van der Waals surface area contributed by atoms with E-state index in [1.807, 2.05) is 0 Å². The number of hydrogen-bond donors (Lipinski definition) is 1. The van der Waals surface area contributed by atoms with Crippen LogP contribution >= 0.6 is 0 Å². The zero-order valence-electron chi connectivity index (χ0n) is 7.22. The lowest BCUT2D eigenvalue weighted by molar-refractivity contribution is 0.101. The van der Waals surface area contributed by atoms with Gasteiger partial charge < -0.3 is 5.11 Å². The Labute approximate surface area is 63.4 Å². The molecule has 10 heavy (non-hydrogen) atoms. The van der Waals surface area contributed by atoms with E-state index in [-0.39, 0.29) is 6.10 Å². The molecule has 0 saturated heterocycles. The molecule has 1 atom stereocenters. The monoisotopic (exact) mass is 142 g/mol. The SMILES string of the molecule is CC(C)(C)CC(O)C1CC1. The standard InChI is InChI=1S/C9H18O/c1-9(2,3)6-8(10)7-4-5-7/h7-8,10H,4-6H2,1-3H3. The topological polar surface area (TPSA) is 20.2 Å². The summed E-state index contributed by atoms with van der Waals surface area (Å²) < 4.78 is 0. The first-order chi connectivity index (χ1) is 4.49. The quantitative estimate of drug-likeness (QED) is 0.626. The van der Waals surface area contributed by atoms with E-state index in [1.165, 1.54) is 12.8 Å².